The number of carbonyl (C=O) groups is 1. The van der Waals surface area contributed by atoms with Crippen LogP contribution in [-0.2, 0) is 40.5 Å². The van der Waals surface area contributed by atoms with E-state index < -0.39 is 29.6 Å². The first-order chi connectivity index (χ1) is 17.4. The number of benzene rings is 2. The van der Waals surface area contributed by atoms with Gasteiger partial charge in [-0.3, -0.25) is 14.2 Å². The zero-order valence-corrected chi connectivity index (χ0v) is 19.8. The monoisotopic (exact) mass is 496 g/mol. The third-order valence-corrected chi connectivity index (χ3v) is 5.61. The van der Waals surface area contributed by atoms with Crippen molar-refractivity contribution in [3.8, 4) is 5.75 Å². The van der Waals surface area contributed by atoms with Gasteiger partial charge in [-0.15, -0.1) is 0 Å². The number of fused-ring (bicyclic) bond motifs is 1. The van der Waals surface area contributed by atoms with Crippen molar-refractivity contribution in [1.82, 2.24) is 18.7 Å². The van der Waals surface area contributed by atoms with Crippen molar-refractivity contribution in [2.45, 2.75) is 26.2 Å². The van der Waals surface area contributed by atoms with Crippen LogP contribution in [0.2, 0.25) is 0 Å². The van der Waals surface area contributed by atoms with Gasteiger partial charge in [0.2, 0.25) is 0 Å². The van der Waals surface area contributed by atoms with Crippen molar-refractivity contribution >= 4 is 17.1 Å². The number of esters is 1. The maximum absolute atomic E-state index is 13.9. The molecule has 2 aromatic heterocycles. The summed E-state index contributed by atoms with van der Waals surface area (Å²) in [5, 5.41) is 0. The Hall–Kier alpha value is -4.25. The second-order valence-electron chi connectivity index (χ2n) is 7.98. The van der Waals surface area contributed by atoms with Crippen LogP contribution in [0.4, 0.5) is 4.39 Å². The highest BCUT2D eigenvalue weighted by Crippen LogP contribution is 2.18. The number of rotatable bonds is 10. The molecule has 0 radical (unpaired) electrons. The van der Waals surface area contributed by atoms with E-state index in [4.69, 9.17) is 14.2 Å². The van der Waals surface area contributed by atoms with E-state index in [0.717, 1.165) is 10.1 Å². The summed E-state index contributed by atoms with van der Waals surface area (Å²) in [7, 11) is 2.88. The summed E-state index contributed by atoms with van der Waals surface area (Å²) in [4.78, 5) is 43.5. The molecular weight excluding hydrogens is 471 g/mol. The maximum atomic E-state index is 13.9. The molecule has 0 aliphatic carbocycles. The SMILES string of the molecule is COCCn1cnc2c1c(=O)n(CC(=O)OCc1ccc(OC)c(F)c1)c(=O)n2Cc1ccccc1. The standard InChI is InChI=1S/C25H25FN4O6/c1-34-11-10-28-16-27-23-22(28)24(32)30(25(33)29(23)13-17-6-4-3-5-7-17)14-21(31)36-15-18-8-9-20(35-2)19(26)12-18/h3-9,12,16H,10-11,13-15H2,1-2H3. The molecule has 0 spiro atoms. The van der Waals surface area contributed by atoms with Gasteiger partial charge in [-0.2, -0.15) is 0 Å². The van der Waals surface area contributed by atoms with Crippen LogP contribution in [0.3, 0.4) is 0 Å². The second-order valence-corrected chi connectivity index (χ2v) is 7.98. The zero-order valence-electron chi connectivity index (χ0n) is 19.8. The summed E-state index contributed by atoms with van der Waals surface area (Å²) in [6.45, 7) is -0.0441. The van der Waals surface area contributed by atoms with E-state index in [1.165, 1.54) is 37.2 Å². The smallest absolute Gasteiger partial charge is 0.333 e. The van der Waals surface area contributed by atoms with Gasteiger partial charge in [0, 0.05) is 13.7 Å². The lowest BCUT2D eigenvalue weighted by molar-refractivity contribution is -0.145. The molecule has 0 fully saturated rings. The number of nitrogens with zero attached hydrogens (tertiary/aromatic N) is 4. The number of aromatic nitrogens is 4. The summed E-state index contributed by atoms with van der Waals surface area (Å²) < 4.78 is 32.9. The van der Waals surface area contributed by atoms with Gasteiger partial charge in [0.05, 0.1) is 26.6 Å². The number of halogens is 1. The van der Waals surface area contributed by atoms with Crippen LogP contribution >= 0.6 is 0 Å². The molecule has 4 rings (SSSR count). The number of hydrogen-bond donors (Lipinski definition) is 0. The Morgan fingerprint density at radius 2 is 1.81 bits per heavy atom. The molecule has 188 valence electrons. The molecule has 0 N–H and O–H groups in total. The highest BCUT2D eigenvalue weighted by Gasteiger charge is 2.20. The van der Waals surface area contributed by atoms with E-state index in [2.05, 4.69) is 4.98 Å². The molecule has 0 unspecified atom stereocenters. The van der Waals surface area contributed by atoms with Gasteiger partial charge >= 0.3 is 11.7 Å². The van der Waals surface area contributed by atoms with Crippen molar-refractivity contribution in [2.75, 3.05) is 20.8 Å². The predicted octanol–water partition coefficient (Wildman–Crippen LogP) is 1.95. The molecule has 10 nitrogen and oxygen atoms in total. The molecular formula is C25H25FN4O6. The molecule has 0 saturated carbocycles. The Morgan fingerprint density at radius 1 is 1.03 bits per heavy atom. The minimum atomic E-state index is -0.820. The molecule has 36 heavy (non-hydrogen) atoms. The second kappa shape index (κ2) is 11.0. The maximum Gasteiger partial charge on any atom is 0.333 e. The van der Waals surface area contributed by atoms with Crippen LogP contribution in [0.25, 0.3) is 11.2 Å². The fraction of sp³-hybridized carbons (Fsp3) is 0.280. The first-order valence-electron chi connectivity index (χ1n) is 11.1. The lowest BCUT2D eigenvalue weighted by Gasteiger charge is -2.13. The van der Waals surface area contributed by atoms with Crippen molar-refractivity contribution in [2.24, 2.45) is 0 Å². The van der Waals surface area contributed by atoms with Gasteiger partial charge in [-0.1, -0.05) is 36.4 Å². The average Bonchev–Trinajstić information content (AvgIpc) is 3.31. The number of carbonyl (C=O) groups excluding carboxylic acids is 1. The first-order valence-corrected chi connectivity index (χ1v) is 11.1. The van der Waals surface area contributed by atoms with Gasteiger partial charge in [-0.25, -0.2) is 18.7 Å². The third-order valence-electron chi connectivity index (χ3n) is 5.61. The highest BCUT2D eigenvalue weighted by molar-refractivity contribution is 5.72. The predicted molar refractivity (Wildman–Crippen MR) is 128 cm³/mol. The molecule has 0 atom stereocenters. The summed E-state index contributed by atoms with van der Waals surface area (Å²) in [6.07, 6.45) is 1.47. The number of methoxy groups -OCH3 is 2. The van der Waals surface area contributed by atoms with Crippen LogP contribution in [0.15, 0.2) is 64.4 Å². The van der Waals surface area contributed by atoms with E-state index >= 15 is 0 Å². The van der Waals surface area contributed by atoms with E-state index in [-0.39, 0.29) is 30.1 Å². The first kappa shape index (κ1) is 24.9. The normalized spacial score (nSPS) is 11.1. The minimum Gasteiger partial charge on any atom is -0.494 e. The largest absolute Gasteiger partial charge is 0.494 e. The number of ether oxygens (including phenoxy) is 3. The van der Waals surface area contributed by atoms with Crippen LogP contribution < -0.4 is 16.0 Å². The molecule has 0 saturated heterocycles. The molecule has 0 aliphatic rings. The lowest BCUT2D eigenvalue weighted by atomic mass is 10.2. The molecule has 0 aliphatic heterocycles. The Morgan fingerprint density at radius 3 is 2.50 bits per heavy atom. The van der Waals surface area contributed by atoms with Gasteiger partial charge < -0.3 is 18.8 Å². The quantitative estimate of drug-likeness (QED) is 0.309. The molecule has 4 aromatic rings. The third kappa shape index (κ3) is 5.20. The molecule has 2 heterocycles. The molecule has 0 amide bonds. The fourth-order valence-electron chi connectivity index (χ4n) is 3.78. The van der Waals surface area contributed by atoms with Gasteiger partial charge in [0.15, 0.2) is 22.7 Å². The van der Waals surface area contributed by atoms with Crippen molar-refractivity contribution in [1.29, 1.82) is 0 Å². The Kier molecular flexibility index (Phi) is 7.59. The van der Waals surface area contributed by atoms with Crippen LogP contribution in [-0.4, -0.2) is 45.5 Å². The summed E-state index contributed by atoms with van der Waals surface area (Å²) >= 11 is 0. The van der Waals surface area contributed by atoms with Gasteiger partial charge in [-0.05, 0) is 23.3 Å². The molecule has 2 aromatic carbocycles. The minimum absolute atomic E-state index is 0.0639. The Bertz CT molecular complexity index is 1490. The van der Waals surface area contributed by atoms with E-state index in [1.807, 2.05) is 30.3 Å². The van der Waals surface area contributed by atoms with Crippen molar-refractivity contribution in [3.63, 3.8) is 0 Å². The van der Waals surface area contributed by atoms with E-state index in [9.17, 15) is 18.8 Å². The van der Waals surface area contributed by atoms with Gasteiger partial charge in [0.25, 0.3) is 5.56 Å². The zero-order chi connectivity index (χ0) is 25.7. The van der Waals surface area contributed by atoms with Gasteiger partial charge in [0.1, 0.15) is 13.2 Å². The fourth-order valence-corrected chi connectivity index (χ4v) is 3.78. The number of hydrogen-bond acceptors (Lipinski definition) is 7. The Labute approximate surface area is 205 Å². The van der Waals surface area contributed by atoms with Crippen molar-refractivity contribution < 1.29 is 23.4 Å². The number of imidazole rings is 1. The van der Waals surface area contributed by atoms with E-state index in [1.54, 1.807) is 10.6 Å². The van der Waals surface area contributed by atoms with Crippen LogP contribution in [0.1, 0.15) is 11.1 Å². The Balaban J connectivity index is 1.66. The highest BCUT2D eigenvalue weighted by atomic mass is 19.1. The lowest BCUT2D eigenvalue weighted by Crippen LogP contribution is -2.42. The molecule has 11 heteroatoms. The summed E-state index contributed by atoms with van der Waals surface area (Å²) in [5.74, 6) is -1.35. The molecule has 0 bridgehead atoms. The van der Waals surface area contributed by atoms with E-state index in [0.29, 0.717) is 18.7 Å². The summed E-state index contributed by atoms with van der Waals surface area (Å²) in [6, 6.07) is 13.4. The topological polar surface area (TPSA) is 107 Å². The van der Waals surface area contributed by atoms with Crippen LogP contribution in [0.5, 0.6) is 5.75 Å². The average molecular weight is 496 g/mol. The van der Waals surface area contributed by atoms with Crippen molar-refractivity contribution in [3.05, 3.63) is 92.6 Å². The summed E-state index contributed by atoms with van der Waals surface area (Å²) in [5.41, 5.74) is 0.238. The van der Waals surface area contributed by atoms with Crippen LogP contribution in [0, 0.1) is 5.82 Å².